The number of thioether (sulfide) groups is 1. The van der Waals surface area contributed by atoms with Gasteiger partial charge < -0.3 is 14.8 Å². The van der Waals surface area contributed by atoms with Gasteiger partial charge in [-0.1, -0.05) is 24.0 Å². The molecule has 1 atom stereocenters. The Balaban J connectivity index is 1.86. The summed E-state index contributed by atoms with van der Waals surface area (Å²) in [6, 6.07) is 5.18. The van der Waals surface area contributed by atoms with Crippen molar-refractivity contribution >= 4 is 45.8 Å². The second kappa shape index (κ2) is 8.34. The summed E-state index contributed by atoms with van der Waals surface area (Å²) in [7, 11) is 3.10. The van der Waals surface area contributed by atoms with E-state index in [2.05, 4.69) is 5.32 Å². The maximum atomic E-state index is 12.1. The van der Waals surface area contributed by atoms with E-state index >= 15 is 0 Å². The molecule has 0 radical (unpaired) electrons. The van der Waals surface area contributed by atoms with Crippen LogP contribution in [-0.2, 0) is 9.59 Å². The minimum Gasteiger partial charge on any atom is -0.497 e. The predicted molar refractivity (Wildman–Crippen MR) is 98.8 cm³/mol. The predicted octanol–water partition coefficient (Wildman–Crippen LogP) is 2.67. The highest BCUT2D eigenvalue weighted by atomic mass is 32.2. The van der Waals surface area contributed by atoms with E-state index < -0.39 is 0 Å². The molecule has 0 bridgehead atoms. The Morgan fingerprint density at radius 3 is 2.71 bits per heavy atom. The third-order valence-electron chi connectivity index (χ3n) is 3.58. The number of carbonyl (C=O) groups is 2. The lowest BCUT2D eigenvalue weighted by atomic mass is 10.2. The molecule has 1 N–H and O–H groups in total. The molecular formula is C16H20N2O4S2. The zero-order valence-electron chi connectivity index (χ0n) is 13.8. The number of hydrogen-bond donors (Lipinski definition) is 1. The van der Waals surface area contributed by atoms with Crippen molar-refractivity contribution in [3.63, 3.8) is 0 Å². The lowest BCUT2D eigenvalue weighted by Crippen LogP contribution is -2.32. The summed E-state index contributed by atoms with van der Waals surface area (Å²) in [5, 5.41) is 2.68. The van der Waals surface area contributed by atoms with Crippen LogP contribution in [0.15, 0.2) is 18.2 Å². The summed E-state index contributed by atoms with van der Waals surface area (Å²) >= 11 is 6.56. The summed E-state index contributed by atoms with van der Waals surface area (Å²) in [6.45, 7) is 2.30. The Bertz CT molecular complexity index is 651. The number of carbonyl (C=O) groups excluding carboxylic acids is 2. The van der Waals surface area contributed by atoms with Crippen LogP contribution in [0.25, 0.3) is 0 Å². The fourth-order valence-corrected chi connectivity index (χ4v) is 3.74. The van der Waals surface area contributed by atoms with Gasteiger partial charge in [-0.2, -0.15) is 0 Å². The van der Waals surface area contributed by atoms with Gasteiger partial charge in [-0.3, -0.25) is 14.5 Å². The molecule has 24 heavy (non-hydrogen) atoms. The second-order valence-corrected chi connectivity index (χ2v) is 7.21. The first-order valence-electron chi connectivity index (χ1n) is 7.50. The Morgan fingerprint density at radius 1 is 1.38 bits per heavy atom. The van der Waals surface area contributed by atoms with Gasteiger partial charge in [0.25, 0.3) is 0 Å². The first kappa shape index (κ1) is 18.5. The maximum absolute atomic E-state index is 12.1. The smallest absolute Gasteiger partial charge is 0.241 e. The number of benzene rings is 1. The summed E-state index contributed by atoms with van der Waals surface area (Å²) in [5.74, 6) is 1.06. The van der Waals surface area contributed by atoms with Gasteiger partial charge in [0.05, 0.1) is 25.2 Å². The van der Waals surface area contributed by atoms with Gasteiger partial charge >= 0.3 is 0 Å². The van der Waals surface area contributed by atoms with E-state index in [1.807, 2.05) is 6.92 Å². The molecular weight excluding hydrogens is 348 g/mol. The molecule has 1 aromatic carbocycles. The average Bonchev–Trinajstić information content (AvgIpc) is 2.81. The number of amides is 2. The average molecular weight is 368 g/mol. The molecule has 1 fully saturated rings. The fraction of sp³-hybridized carbons (Fsp3) is 0.438. The van der Waals surface area contributed by atoms with Gasteiger partial charge in [0.1, 0.15) is 15.8 Å². The molecule has 1 aliphatic rings. The molecule has 1 heterocycles. The van der Waals surface area contributed by atoms with E-state index in [0.717, 1.165) is 0 Å². The summed E-state index contributed by atoms with van der Waals surface area (Å²) in [5.41, 5.74) is 0.584. The molecule has 8 heteroatoms. The van der Waals surface area contributed by atoms with Gasteiger partial charge in [-0.15, -0.1) is 0 Å². The lowest BCUT2D eigenvalue weighted by molar-refractivity contribution is -0.126. The third kappa shape index (κ3) is 4.39. The molecule has 1 unspecified atom stereocenters. The largest absolute Gasteiger partial charge is 0.497 e. The molecule has 0 saturated carbocycles. The van der Waals surface area contributed by atoms with Gasteiger partial charge in [-0.25, -0.2) is 0 Å². The molecule has 2 amide bonds. The van der Waals surface area contributed by atoms with Crippen LogP contribution in [0.1, 0.15) is 19.8 Å². The molecule has 0 spiro atoms. The Morgan fingerprint density at radius 2 is 2.12 bits per heavy atom. The number of hydrogen-bond acceptors (Lipinski definition) is 6. The number of thiocarbonyl (C=S) groups is 1. The molecule has 1 saturated heterocycles. The maximum Gasteiger partial charge on any atom is 0.241 e. The number of ether oxygens (including phenoxy) is 2. The normalized spacial score (nSPS) is 17.1. The van der Waals surface area contributed by atoms with Crippen molar-refractivity contribution in [1.29, 1.82) is 0 Å². The molecule has 130 valence electrons. The molecule has 0 aliphatic carbocycles. The summed E-state index contributed by atoms with van der Waals surface area (Å²) < 4.78 is 11.0. The van der Waals surface area contributed by atoms with Crippen molar-refractivity contribution in [1.82, 2.24) is 4.90 Å². The number of methoxy groups -OCH3 is 2. The lowest BCUT2D eigenvalue weighted by Gasteiger charge is -2.15. The molecule has 1 aliphatic heterocycles. The molecule has 6 nitrogen and oxygen atoms in total. The third-order valence-corrected chi connectivity index (χ3v) is 5.07. The number of nitrogens with one attached hydrogen (secondary N) is 1. The minimum atomic E-state index is -0.142. The van der Waals surface area contributed by atoms with E-state index in [4.69, 9.17) is 21.7 Å². The van der Waals surface area contributed by atoms with Crippen LogP contribution in [-0.4, -0.2) is 47.0 Å². The summed E-state index contributed by atoms with van der Waals surface area (Å²) in [4.78, 5) is 25.6. The van der Waals surface area contributed by atoms with Crippen LogP contribution < -0.4 is 14.8 Å². The number of nitrogens with zero attached hydrogens (tertiary/aromatic N) is 1. The van der Waals surface area contributed by atoms with Crippen LogP contribution in [0, 0.1) is 0 Å². The Hall–Kier alpha value is -1.80. The zero-order chi connectivity index (χ0) is 17.7. The van der Waals surface area contributed by atoms with E-state index in [-0.39, 0.29) is 17.1 Å². The molecule has 2 rings (SSSR count). The molecule has 1 aromatic rings. The van der Waals surface area contributed by atoms with Gasteiger partial charge in [-0.05, 0) is 25.5 Å². The van der Waals surface area contributed by atoms with Crippen LogP contribution in [0.2, 0.25) is 0 Å². The Kier molecular flexibility index (Phi) is 6.44. The quantitative estimate of drug-likeness (QED) is 0.747. The molecule has 0 aromatic heterocycles. The first-order chi connectivity index (χ1) is 11.5. The van der Waals surface area contributed by atoms with Gasteiger partial charge in [0.15, 0.2) is 0 Å². The van der Waals surface area contributed by atoms with E-state index in [9.17, 15) is 9.59 Å². The minimum absolute atomic E-state index is 0.0160. The van der Waals surface area contributed by atoms with Crippen molar-refractivity contribution in [3.05, 3.63) is 18.2 Å². The van der Waals surface area contributed by atoms with Crippen molar-refractivity contribution in [3.8, 4) is 11.5 Å². The highest BCUT2D eigenvalue weighted by molar-refractivity contribution is 8.24. The van der Waals surface area contributed by atoms with Gasteiger partial charge in [0, 0.05) is 19.0 Å². The highest BCUT2D eigenvalue weighted by Gasteiger charge is 2.33. The van der Waals surface area contributed by atoms with Crippen LogP contribution in [0.3, 0.4) is 0 Å². The first-order valence-corrected chi connectivity index (χ1v) is 8.79. The van der Waals surface area contributed by atoms with Crippen molar-refractivity contribution < 1.29 is 19.1 Å². The van der Waals surface area contributed by atoms with Crippen LogP contribution in [0.4, 0.5) is 5.69 Å². The van der Waals surface area contributed by atoms with E-state index in [1.54, 1.807) is 30.2 Å². The topological polar surface area (TPSA) is 67.9 Å². The van der Waals surface area contributed by atoms with Crippen LogP contribution in [0.5, 0.6) is 11.5 Å². The number of anilines is 1. The van der Waals surface area contributed by atoms with E-state index in [0.29, 0.717) is 40.9 Å². The van der Waals surface area contributed by atoms with Crippen molar-refractivity contribution in [2.24, 2.45) is 0 Å². The zero-order valence-corrected chi connectivity index (χ0v) is 15.5. The Labute approximate surface area is 150 Å². The fourth-order valence-electron chi connectivity index (χ4n) is 2.29. The van der Waals surface area contributed by atoms with Crippen molar-refractivity contribution in [2.45, 2.75) is 25.0 Å². The highest BCUT2D eigenvalue weighted by Crippen LogP contribution is 2.29. The monoisotopic (exact) mass is 368 g/mol. The standard InChI is InChI=1S/C16H20N2O4S2/c1-10-15(20)18(16(23)24-10)8-4-5-14(19)17-12-7-6-11(21-2)9-13(12)22-3/h6-7,9-10H,4-5,8H2,1-3H3,(H,17,19). The summed E-state index contributed by atoms with van der Waals surface area (Å²) in [6.07, 6.45) is 0.837. The second-order valence-electron chi connectivity index (χ2n) is 5.23. The number of rotatable bonds is 7. The van der Waals surface area contributed by atoms with E-state index in [1.165, 1.54) is 18.9 Å². The van der Waals surface area contributed by atoms with Crippen LogP contribution >= 0.6 is 24.0 Å². The SMILES string of the molecule is COc1ccc(NC(=O)CCCN2C(=O)C(C)SC2=S)c(OC)c1. The van der Waals surface area contributed by atoms with Gasteiger partial charge in [0.2, 0.25) is 11.8 Å². The van der Waals surface area contributed by atoms with Crippen molar-refractivity contribution in [2.75, 3.05) is 26.1 Å².